The van der Waals surface area contributed by atoms with Crippen molar-refractivity contribution in [1.82, 2.24) is 0 Å². The molecule has 0 aliphatic carbocycles. The molecule has 0 heterocycles. The number of nitrogens with two attached hydrogens (primary N) is 1. The van der Waals surface area contributed by atoms with Crippen LogP contribution < -0.4 is 10.5 Å². The first-order chi connectivity index (χ1) is 8.13. The lowest BCUT2D eigenvalue weighted by Crippen LogP contribution is -2.32. The number of ether oxygens (including phenoxy) is 1. The molecule has 0 unspecified atom stereocenters. The van der Waals surface area contributed by atoms with E-state index in [0.29, 0.717) is 18.8 Å². The lowest BCUT2D eigenvalue weighted by Gasteiger charge is -2.08. The topological polar surface area (TPSA) is 72.5 Å². The summed E-state index contributed by atoms with van der Waals surface area (Å²) in [6, 6.07) is 6.07. The van der Waals surface area contributed by atoms with E-state index >= 15 is 0 Å². The number of halogens is 1. The summed E-state index contributed by atoms with van der Waals surface area (Å²) in [5.74, 6) is -0.376. The molecule has 1 aromatic rings. The molecular weight excluding hydrogens is 224 g/mol. The van der Waals surface area contributed by atoms with Crippen LogP contribution in [0.1, 0.15) is 12.0 Å². The van der Waals surface area contributed by atoms with Gasteiger partial charge in [-0.05, 0) is 24.1 Å². The van der Waals surface area contributed by atoms with Gasteiger partial charge in [-0.1, -0.05) is 12.1 Å². The molecular formula is C12H16FNO3. The van der Waals surface area contributed by atoms with Gasteiger partial charge in [0.2, 0.25) is 0 Å². The number of hydrogen-bond donors (Lipinski definition) is 2. The van der Waals surface area contributed by atoms with E-state index in [1.54, 1.807) is 24.3 Å². The molecule has 0 amide bonds. The smallest absolute Gasteiger partial charge is 0.320 e. The quantitative estimate of drug-likeness (QED) is 0.706. The number of carboxylic acid groups (broad SMARTS) is 1. The zero-order valence-electron chi connectivity index (χ0n) is 9.43. The lowest BCUT2D eigenvalue weighted by atomic mass is 10.1. The molecule has 1 atom stereocenters. The molecule has 4 nitrogen and oxygen atoms in total. The van der Waals surface area contributed by atoms with Gasteiger partial charge >= 0.3 is 5.97 Å². The number of hydrogen-bond acceptors (Lipinski definition) is 3. The molecule has 0 aromatic heterocycles. The minimum atomic E-state index is -1.02. The van der Waals surface area contributed by atoms with Gasteiger partial charge in [-0.25, -0.2) is 0 Å². The van der Waals surface area contributed by atoms with Crippen molar-refractivity contribution in [3.8, 4) is 5.75 Å². The fourth-order valence-electron chi connectivity index (χ4n) is 1.31. The molecule has 0 aliphatic rings. The minimum Gasteiger partial charge on any atom is -0.494 e. The second-order valence-corrected chi connectivity index (χ2v) is 3.68. The summed E-state index contributed by atoms with van der Waals surface area (Å²) in [5, 5.41) is 8.66. The highest BCUT2D eigenvalue weighted by Crippen LogP contribution is 2.13. The number of benzene rings is 1. The third-order valence-corrected chi connectivity index (χ3v) is 2.24. The highest BCUT2D eigenvalue weighted by molar-refractivity contribution is 5.73. The Morgan fingerprint density at radius 3 is 2.59 bits per heavy atom. The van der Waals surface area contributed by atoms with E-state index in [-0.39, 0.29) is 6.42 Å². The van der Waals surface area contributed by atoms with Crippen molar-refractivity contribution in [2.75, 3.05) is 13.3 Å². The minimum absolute atomic E-state index is 0.278. The molecule has 0 spiro atoms. The molecule has 0 saturated heterocycles. The fourth-order valence-corrected chi connectivity index (χ4v) is 1.31. The number of rotatable bonds is 7. The third-order valence-electron chi connectivity index (χ3n) is 2.24. The number of aliphatic carboxylic acids is 1. The Balaban J connectivity index is 2.47. The van der Waals surface area contributed by atoms with Gasteiger partial charge in [0, 0.05) is 6.42 Å². The molecule has 1 aromatic carbocycles. The number of alkyl halides is 1. The molecule has 17 heavy (non-hydrogen) atoms. The fraction of sp³-hybridized carbons (Fsp3) is 0.417. The van der Waals surface area contributed by atoms with Crippen LogP contribution in [0.3, 0.4) is 0 Å². The van der Waals surface area contributed by atoms with Crippen LogP contribution in [0.4, 0.5) is 4.39 Å². The van der Waals surface area contributed by atoms with Crippen molar-refractivity contribution in [3.05, 3.63) is 29.8 Å². The van der Waals surface area contributed by atoms with Crippen molar-refractivity contribution in [3.63, 3.8) is 0 Å². The summed E-state index contributed by atoms with van der Waals surface area (Å²) >= 11 is 0. The van der Waals surface area contributed by atoms with Crippen LogP contribution in [0.5, 0.6) is 5.75 Å². The van der Waals surface area contributed by atoms with Crippen LogP contribution in [0.2, 0.25) is 0 Å². The van der Waals surface area contributed by atoms with Crippen LogP contribution in [0.25, 0.3) is 0 Å². The summed E-state index contributed by atoms with van der Waals surface area (Å²) < 4.78 is 17.1. The van der Waals surface area contributed by atoms with E-state index in [2.05, 4.69) is 0 Å². The van der Waals surface area contributed by atoms with E-state index in [0.717, 1.165) is 5.56 Å². The molecule has 5 heteroatoms. The monoisotopic (exact) mass is 240 g/mol. The van der Waals surface area contributed by atoms with Crippen LogP contribution in [0, 0.1) is 0 Å². The third kappa shape index (κ3) is 4.82. The Bertz CT molecular complexity index is 353. The van der Waals surface area contributed by atoms with Crippen LogP contribution in [-0.2, 0) is 11.2 Å². The normalized spacial score (nSPS) is 12.1. The molecule has 0 bridgehead atoms. The molecule has 0 aliphatic heterocycles. The van der Waals surface area contributed by atoms with Crippen LogP contribution >= 0.6 is 0 Å². The maximum atomic E-state index is 11.8. The first-order valence-electron chi connectivity index (χ1n) is 5.39. The van der Waals surface area contributed by atoms with Gasteiger partial charge in [0.25, 0.3) is 0 Å². The second-order valence-electron chi connectivity index (χ2n) is 3.68. The Kier molecular flexibility index (Phi) is 5.42. The van der Waals surface area contributed by atoms with Crippen molar-refractivity contribution in [2.24, 2.45) is 5.73 Å². The largest absolute Gasteiger partial charge is 0.494 e. The van der Waals surface area contributed by atoms with Gasteiger partial charge < -0.3 is 15.6 Å². The molecule has 0 saturated carbocycles. The zero-order chi connectivity index (χ0) is 12.7. The standard InChI is InChI=1S/C12H16FNO3/c13-6-1-7-17-10-4-2-9(3-5-10)8-11(14)12(15)16/h2-5,11H,1,6-8,14H2,(H,15,16)/t11-/m1/s1/i13-1. The first-order valence-corrected chi connectivity index (χ1v) is 5.39. The highest BCUT2D eigenvalue weighted by Gasteiger charge is 2.11. The first kappa shape index (κ1) is 13.4. The number of carboxylic acids is 1. The maximum Gasteiger partial charge on any atom is 0.320 e. The summed E-state index contributed by atoms with van der Waals surface area (Å²) in [7, 11) is 0. The second kappa shape index (κ2) is 6.85. The van der Waals surface area contributed by atoms with Crippen molar-refractivity contribution < 1.29 is 19.0 Å². The summed E-state index contributed by atoms with van der Waals surface area (Å²) in [5.41, 5.74) is 6.24. The Labute approximate surface area is 99.2 Å². The summed E-state index contributed by atoms with van der Waals surface area (Å²) in [4.78, 5) is 10.6. The lowest BCUT2D eigenvalue weighted by molar-refractivity contribution is -0.138. The van der Waals surface area contributed by atoms with Crippen LogP contribution in [0.15, 0.2) is 24.3 Å². The van der Waals surface area contributed by atoms with E-state index in [1.807, 2.05) is 0 Å². The zero-order valence-corrected chi connectivity index (χ0v) is 9.43. The molecule has 0 radical (unpaired) electrons. The Morgan fingerprint density at radius 1 is 1.41 bits per heavy atom. The molecule has 0 fully saturated rings. The predicted octanol–water partition coefficient (Wildman–Crippen LogP) is 1.38. The average Bonchev–Trinajstić information content (AvgIpc) is 2.31. The van der Waals surface area contributed by atoms with Gasteiger partial charge in [0.1, 0.15) is 11.8 Å². The van der Waals surface area contributed by atoms with E-state index in [1.165, 1.54) is 0 Å². The van der Waals surface area contributed by atoms with Gasteiger partial charge in [-0.2, -0.15) is 0 Å². The molecule has 3 N–H and O–H groups in total. The predicted molar refractivity (Wildman–Crippen MR) is 61.8 cm³/mol. The Hall–Kier alpha value is -1.62. The van der Waals surface area contributed by atoms with E-state index in [4.69, 9.17) is 15.6 Å². The van der Waals surface area contributed by atoms with E-state index in [9.17, 15) is 9.18 Å². The Morgan fingerprint density at radius 2 is 2.06 bits per heavy atom. The summed E-state index contributed by atoms with van der Waals surface area (Å²) in [6.45, 7) is -0.0595. The van der Waals surface area contributed by atoms with E-state index < -0.39 is 18.7 Å². The highest BCUT2D eigenvalue weighted by atomic mass is 18.2. The van der Waals surface area contributed by atoms with Crippen molar-refractivity contribution in [1.29, 1.82) is 0 Å². The van der Waals surface area contributed by atoms with Crippen molar-refractivity contribution >= 4 is 5.97 Å². The van der Waals surface area contributed by atoms with Gasteiger partial charge in [0.15, 0.2) is 0 Å². The van der Waals surface area contributed by atoms with Crippen molar-refractivity contribution in [2.45, 2.75) is 18.9 Å². The summed E-state index contributed by atoms with van der Waals surface area (Å²) in [6.07, 6.45) is 0.645. The van der Waals surface area contributed by atoms with Gasteiger partial charge in [0.05, 0.1) is 13.3 Å². The number of carbonyl (C=O) groups is 1. The van der Waals surface area contributed by atoms with Gasteiger partial charge in [-0.15, -0.1) is 0 Å². The maximum absolute atomic E-state index is 11.8. The van der Waals surface area contributed by atoms with Crippen LogP contribution in [-0.4, -0.2) is 30.4 Å². The molecule has 1 rings (SSSR count). The van der Waals surface area contributed by atoms with Gasteiger partial charge in [-0.3, -0.25) is 9.18 Å². The SMILES string of the molecule is N[C@H](Cc1ccc(OCCC[18F])cc1)C(=O)O. The molecule has 94 valence electrons. The average molecular weight is 240 g/mol.